The lowest BCUT2D eigenvalue weighted by Crippen LogP contribution is -2.14. The van der Waals surface area contributed by atoms with E-state index in [4.69, 9.17) is 18.9 Å². The van der Waals surface area contributed by atoms with Crippen LogP contribution in [-0.2, 0) is 18.9 Å². The van der Waals surface area contributed by atoms with Crippen LogP contribution in [0.1, 0.15) is 15.9 Å². The molecule has 0 saturated carbocycles. The van der Waals surface area contributed by atoms with E-state index < -0.39 is 11.8 Å². The highest BCUT2D eigenvalue weighted by Crippen LogP contribution is 2.11. The van der Waals surface area contributed by atoms with Crippen molar-refractivity contribution in [3.05, 3.63) is 35.1 Å². The maximum Gasteiger partial charge on any atom is 0.341 e. The molecule has 0 saturated heterocycles. The van der Waals surface area contributed by atoms with E-state index in [2.05, 4.69) is 0 Å². The molecule has 0 aliphatic rings. The van der Waals surface area contributed by atoms with E-state index in [1.165, 1.54) is 12.1 Å². The maximum absolute atomic E-state index is 13.4. The molecule has 0 radical (unpaired) electrons. The number of aryl methyl sites for hydroxylation is 1. The van der Waals surface area contributed by atoms with E-state index in [0.717, 1.165) is 5.56 Å². The molecular weight excluding hydrogens is 279 g/mol. The predicted molar refractivity (Wildman–Crippen MR) is 74.9 cm³/mol. The summed E-state index contributed by atoms with van der Waals surface area (Å²) in [6.45, 7) is 4.01. The lowest BCUT2D eigenvalue weighted by Gasteiger charge is -2.07. The molecule has 5 nitrogen and oxygen atoms in total. The summed E-state index contributed by atoms with van der Waals surface area (Å²) in [5, 5.41) is 0. The van der Waals surface area contributed by atoms with Crippen LogP contribution in [0.5, 0.6) is 0 Å². The Bertz CT molecular complexity index is 436. The van der Waals surface area contributed by atoms with Crippen molar-refractivity contribution in [1.29, 1.82) is 0 Å². The number of halogens is 1. The number of rotatable bonds is 10. The SMILES string of the molecule is COCCOCCOCCOC(=O)c1cc(C)ccc1F. The maximum atomic E-state index is 13.4. The van der Waals surface area contributed by atoms with Gasteiger partial charge in [0.05, 0.1) is 38.6 Å². The van der Waals surface area contributed by atoms with Gasteiger partial charge in [-0.2, -0.15) is 0 Å². The molecule has 6 heteroatoms. The third-order valence-corrected chi connectivity index (χ3v) is 2.61. The summed E-state index contributed by atoms with van der Waals surface area (Å²) in [5.41, 5.74) is 0.741. The minimum atomic E-state index is -0.684. The molecule has 0 fully saturated rings. The van der Waals surface area contributed by atoms with Gasteiger partial charge in [-0.1, -0.05) is 11.6 Å². The minimum Gasteiger partial charge on any atom is -0.460 e. The standard InChI is InChI=1S/C15H21FO5/c1-12-3-4-14(16)13(11-12)15(17)21-10-9-20-8-7-19-6-5-18-2/h3-4,11H,5-10H2,1-2H3. The van der Waals surface area contributed by atoms with Crippen LogP contribution in [-0.4, -0.2) is 52.7 Å². The molecule has 0 amide bonds. The molecule has 0 aliphatic carbocycles. The molecule has 118 valence electrons. The first-order valence-electron chi connectivity index (χ1n) is 6.73. The van der Waals surface area contributed by atoms with Gasteiger partial charge in [-0.25, -0.2) is 9.18 Å². The van der Waals surface area contributed by atoms with E-state index in [9.17, 15) is 9.18 Å². The van der Waals surface area contributed by atoms with Gasteiger partial charge in [0, 0.05) is 7.11 Å². The Morgan fingerprint density at radius 2 is 1.67 bits per heavy atom. The number of carbonyl (C=O) groups is 1. The van der Waals surface area contributed by atoms with Crippen LogP contribution in [0, 0.1) is 12.7 Å². The number of carbonyl (C=O) groups excluding carboxylic acids is 1. The summed E-state index contributed by atoms with van der Waals surface area (Å²) in [6.07, 6.45) is 0. The summed E-state index contributed by atoms with van der Waals surface area (Å²) < 4.78 is 33.6. The molecule has 0 atom stereocenters. The van der Waals surface area contributed by atoms with Gasteiger partial charge >= 0.3 is 5.97 Å². The van der Waals surface area contributed by atoms with Crippen molar-refractivity contribution in [2.75, 3.05) is 46.8 Å². The van der Waals surface area contributed by atoms with Crippen molar-refractivity contribution in [2.24, 2.45) is 0 Å². The number of methoxy groups -OCH3 is 1. The van der Waals surface area contributed by atoms with Crippen molar-refractivity contribution < 1.29 is 28.1 Å². The number of hydrogen-bond donors (Lipinski definition) is 0. The smallest absolute Gasteiger partial charge is 0.341 e. The first-order chi connectivity index (χ1) is 10.1. The van der Waals surface area contributed by atoms with Crippen LogP contribution < -0.4 is 0 Å². The van der Waals surface area contributed by atoms with Gasteiger partial charge in [-0.15, -0.1) is 0 Å². The van der Waals surface area contributed by atoms with Crippen LogP contribution in [0.2, 0.25) is 0 Å². The lowest BCUT2D eigenvalue weighted by atomic mass is 10.1. The third kappa shape index (κ3) is 7.17. The predicted octanol–water partition coefficient (Wildman–Crippen LogP) is 1.97. The molecular formula is C15H21FO5. The van der Waals surface area contributed by atoms with Crippen LogP contribution in [0.15, 0.2) is 18.2 Å². The zero-order chi connectivity index (χ0) is 15.5. The van der Waals surface area contributed by atoms with Gasteiger partial charge in [0.1, 0.15) is 12.4 Å². The highest BCUT2D eigenvalue weighted by atomic mass is 19.1. The van der Waals surface area contributed by atoms with Gasteiger partial charge in [0.2, 0.25) is 0 Å². The summed E-state index contributed by atoms with van der Waals surface area (Å²) in [5.74, 6) is -1.27. The fraction of sp³-hybridized carbons (Fsp3) is 0.533. The molecule has 0 aromatic heterocycles. The topological polar surface area (TPSA) is 54.0 Å². The molecule has 0 aliphatic heterocycles. The molecule has 1 aromatic rings. The Morgan fingerprint density at radius 3 is 2.33 bits per heavy atom. The molecule has 1 rings (SSSR count). The van der Waals surface area contributed by atoms with E-state index >= 15 is 0 Å². The molecule has 0 spiro atoms. The summed E-state index contributed by atoms with van der Waals surface area (Å²) >= 11 is 0. The average Bonchev–Trinajstić information content (AvgIpc) is 2.48. The first-order valence-corrected chi connectivity index (χ1v) is 6.73. The fourth-order valence-corrected chi connectivity index (χ4v) is 1.53. The second-order valence-electron chi connectivity index (χ2n) is 4.34. The Labute approximate surface area is 123 Å². The molecule has 0 unspecified atom stereocenters. The van der Waals surface area contributed by atoms with Gasteiger partial charge in [0.25, 0.3) is 0 Å². The average molecular weight is 300 g/mol. The number of benzene rings is 1. The molecule has 0 bridgehead atoms. The highest BCUT2D eigenvalue weighted by molar-refractivity contribution is 5.89. The molecule has 0 N–H and O–H groups in total. The van der Waals surface area contributed by atoms with Gasteiger partial charge < -0.3 is 18.9 Å². The summed E-state index contributed by atoms with van der Waals surface area (Å²) in [4.78, 5) is 11.7. The summed E-state index contributed by atoms with van der Waals surface area (Å²) in [6, 6.07) is 4.31. The second kappa shape index (κ2) is 10.3. The Balaban J connectivity index is 2.12. The quantitative estimate of drug-likeness (QED) is 0.488. The fourth-order valence-electron chi connectivity index (χ4n) is 1.53. The van der Waals surface area contributed by atoms with Gasteiger partial charge in [-0.3, -0.25) is 0 Å². The van der Waals surface area contributed by atoms with Gasteiger partial charge in [0.15, 0.2) is 0 Å². The van der Waals surface area contributed by atoms with Crippen LogP contribution in [0.25, 0.3) is 0 Å². The highest BCUT2D eigenvalue weighted by Gasteiger charge is 2.12. The second-order valence-corrected chi connectivity index (χ2v) is 4.34. The zero-order valence-electron chi connectivity index (χ0n) is 12.4. The van der Waals surface area contributed by atoms with E-state index in [1.807, 2.05) is 0 Å². The first kappa shape index (κ1) is 17.6. The molecule has 21 heavy (non-hydrogen) atoms. The van der Waals surface area contributed by atoms with Crippen LogP contribution >= 0.6 is 0 Å². The van der Waals surface area contributed by atoms with Crippen molar-refractivity contribution in [3.63, 3.8) is 0 Å². The van der Waals surface area contributed by atoms with E-state index in [-0.39, 0.29) is 18.8 Å². The lowest BCUT2D eigenvalue weighted by molar-refractivity contribution is 0.00554. The minimum absolute atomic E-state index is 0.0575. The Kier molecular flexibility index (Phi) is 8.57. The largest absolute Gasteiger partial charge is 0.460 e. The third-order valence-electron chi connectivity index (χ3n) is 2.61. The van der Waals surface area contributed by atoms with Gasteiger partial charge in [-0.05, 0) is 19.1 Å². The molecule has 0 heterocycles. The van der Waals surface area contributed by atoms with E-state index in [1.54, 1.807) is 20.1 Å². The Morgan fingerprint density at radius 1 is 1.05 bits per heavy atom. The normalized spacial score (nSPS) is 10.6. The number of hydrogen-bond acceptors (Lipinski definition) is 5. The zero-order valence-corrected chi connectivity index (χ0v) is 12.4. The molecule has 1 aromatic carbocycles. The van der Waals surface area contributed by atoms with Crippen LogP contribution in [0.3, 0.4) is 0 Å². The Hall–Kier alpha value is -1.50. The van der Waals surface area contributed by atoms with Crippen molar-refractivity contribution in [3.8, 4) is 0 Å². The number of ether oxygens (including phenoxy) is 4. The monoisotopic (exact) mass is 300 g/mol. The van der Waals surface area contributed by atoms with Crippen molar-refractivity contribution in [2.45, 2.75) is 6.92 Å². The van der Waals surface area contributed by atoms with Crippen molar-refractivity contribution in [1.82, 2.24) is 0 Å². The summed E-state index contributed by atoms with van der Waals surface area (Å²) in [7, 11) is 1.60. The number of esters is 1. The van der Waals surface area contributed by atoms with Crippen molar-refractivity contribution >= 4 is 5.97 Å². The van der Waals surface area contributed by atoms with E-state index in [0.29, 0.717) is 26.4 Å². The van der Waals surface area contributed by atoms with Crippen LogP contribution in [0.4, 0.5) is 4.39 Å².